The molecule has 1 aliphatic rings. The minimum absolute atomic E-state index is 0.0537. The van der Waals surface area contributed by atoms with Crippen molar-refractivity contribution in [3.8, 4) is 0 Å². The summed E-state index contributed by atoms with van der Waals surface area (Å²) in [5, 5.41) is 9.81. The lowest BCUT2D eigenvalue weighted by molar-refractivity contribution is 0.0716. The molecule has 1 aromatic heterocycles. The molecule has 1 unspecified atom stereocenters. The maximum Gasteiger partial charge on any atom is 0.290 e. The third-order valence-electron chi connectivity index (χ3n) is 4.65. The van der Waals surface area contributed by atoms with E-state index in [1.54, 1.807) is 18.2 Å². The van der Waals surface area contributed by atoms with Crippen LogP contribution in [0, 0.1) is 5.82 Å². The van der Waals surface area contributed by atoms with Gasteiger partial charge in [0.1, 0.15) is 11.4 Å². The number of hydrogen-bond acceptors (Lipinski definition) is 4. The molecule has 2 heterocycles. The third kappa shape index (κ3) is 2.91. The fraction of sp³-hybridized carbons (Fsp3) is 0.200. The molecule has 0 saturated heterocycles. The van der Waals surface area contributed by atoms with Crippen molar-refractivity contribution in [2.75, 3.05) is 13.2 Å². The average molecular weight is 388 g/mol. The molecule has 0 fully saturated rings. The van der Waals surface area contributed by atoms with Crippen LogP contribution in [-0.4, -0.2) is 29.1 Å². The van der Waals surface area contributed by atoms with Crippen molar-refractivity contribution in [3.63, 3.8) is 0 Å². The van der Waals surface area contributed by atoms with Crippen LogP contribution in [0.3, 0.4) is 0 Å². The van der Waals surface area contributed by atoms with Gasteiger partial charge in [0.25, 0.3) is 5.91 Å². The van der Waals surface area contributed by atoms with Crippen LogP contribution in [0.5, 0.6) is 0 Å². The van der Waals surface area contributed by atoms with Gasteiger partial charge >= 0.3 is 0 Å². The summed E-state index contributed by atoms with van der Waals surface area (Å²) in [6.07, 6.45) is 0.324. The molecule has 27 heavy (non-hydrogen) atoms. The van der Waals surface area contributed by atoms with Gasteiger partial charge in [-0.05, 0) is 42.3 Å². The van der Waals surface area contributed by atoms with Gasteiger partial charge < -0.3 is 14.4 Å². The van der Waals surface area contributed by atoms with Gasteiger partial charge in [0.15, 0.2) is 5.43 Å². The quantitative estimate of drug-likeness (QED) is 0.743. The van der Waals surface area contributed by atoms with Gasteiger partial charge in [-0.3, -0.25) is 9.59 Å². The van der Waals surface area contributed by atoms with Crippen molar-refractivity contribution < 1.29 is 18.7 Å². The molecule has 5 nitrogen and oxygen atoms in total. The Morgan fingerprint density at radius 3 is 2.74 bits per heavy atom. The smallest absolute Gasteiger partial charge is 0.290 e. The first-order chi connectivity index (χ1) is 13.0. The molecule has 1 aliphatic heterocycles. The summed E-state index contributed by atoms with van der Waals surface area (Å²) in [6.45, 7) is 0.0895. The second-order valence-electron chi connectivity index (χ2n) is 6.35. The monoisotopic (exact) mass is 387 g/mol. The molecule has 138 valence electrons. The minimum Gasteiger partial charge on any atom is -0.450 e. The number of fused-ring (bicyclic) bond motifs is 2. The summed E-state index contributed by atoms with van der Waals surface area (Å²) < 4.78 is 19.6. The molecule has 2 aromatic carbocycles. The first-order valence-corrected chi connectivity index (χ1v) is 8.82. The fourth-order valence-electron chi connectivity index (χ4n) is 3.49. The number of hydrogen-bond donors (Lipinski definition) is 1. The van der Waals surface area contributed by atoms with Crippen LogP contribution < -0.4 is 5.43 Å². The second-order valence-corrected chi connectivity index (χ2v) is 6.78. The van der Waals surface area contributed by atoms with E-state index in [1.807, 2.05) is 0 Å². The van der Waals surface area contributed by atoms with Crippen molar-refractivity contribution in [2.24, 2.45) is 0 Å². The molecule has 0 spiro atoms. The molecule has 4 rings (SSSR count). The number of nitrogens with zero attached hydrogens (tertiary/aromatic N) is 1. The van der Waals surface area contributed by atoms with E-state index in [9.17, 15) is 19.1 Å². The van der Waals surface area contributed by atoms with Crippen LogP contribution in [0.4, 0.5) is 4.39 Å². The molecule has 1 amide bonds. The number of rotatable bonds is 4. The zero-order chi connectivity index (χ0) is 19.1. The Balaban J connectivity index is 1.99. The van der Waals surface area contributed by atoms with Gasteiger partial charge in [-0.25, -0.2) is 4.39 Å². The zero-order valence-corrected chi connectivity index (χ0v) is 14.9. The van der Waals surface area contributed by atoms with Crippen LogP contribution >= 0.6 is 11.6 Å². The Bertz CT molecular complexity index is 1110. The summed E-state index contributed by atoms with van der Waals surface area (Å²) in [7, 11) is 0. The minimum atomic E-state index is -0.783. The number of carbonyl (C=O) groups excluding carboxylic acids is 1. The Hall–Kier alpha value is -2.70. The SMILES string of the molecule is O=C1c2oc3ccc(Cl)cc3c(=O)c2C(c2cccc(F)c2)N1CCCO. The van der Waals surface area contributed by atoms with E-state index in [1.165, 1.54) is 29.2 Å². The highest BCUT2D eigenvalue weighted by atomic mass is 35.5. The lowest BCUT2D eigenvalue weighted by Gasteiger charge is -2.24. The van der Waals surface area contributed by atoms with Gasteiger partial charge in [-0.2, -0.15) is 0 Å². The lowest BCUT2D eigenvalue weighted by atomic mass is 9.98. The number of aliphatic hydroxyl groups is 1. The van der Waals surface area contributed by atoms with E-state index < -0.39 is 17.8 Å². The summed E-state index contributed by atoms with van der Waals surface area (Å²) in [5.74, 6) is -0.979. The summed E-state index contributed by atoms with van der Waals surface area (Å²) in [4.78, 5) is 27.5. The Labute approximate surface area is 158 Å². The van der Waals surface area contributed by atoms with Crippen LogP contribution in [0.25, 0.3) is 11.0 Å². The summed E-state index contributed by atoms with van der Waals surface area (Å²) >= 11 is 6.01. The van der Waals surface area contributed by atoms with Gasteiger partial charge in [-0.15, -0.1) is 0 Å². The van der Waals surface area contributed by atoms with Gasteiger partial charge in [-0.1, -0.05) is 23.7 Å². The molecule has 0 aliphatic carbocycles. The highest BCUT2D eigenvalue weighted by Gasteiger charge is 2.42. The molecule has 1 N–H and O–H groups in total. The standard InChI is InChI=1S/C20H15ClFNO4/c21-12-5-6-15-14(10-12)18(25)16-17(11-3-1-4-13(22)9-11)23(7-2-8-24)20(26)19(16)27-15/h1,3-6,9-10,17,24H,2,7-8H2. The van der Waals surface area contributed by atoms with E-state index in [0.717, 1.165) is 0 Å². The van der Waals surface area contributed by atoms with Crippen molar-refractivity contribution in [1.82, 2.24) is 4.90 Å². The predicted molar refractivity (Wildman–Crippen MR) is 98.5 cm³/mol. The highest BCUT2D eigenvalue weighted by molar-refractivity contribution is 6.31. The fourth-order valence-corrected chi connectivity index (χ4v) is 3.66. The number of carbonyl (C=O) groups is 1. The largest absolute Gasteiger partial charge is 0.450 e. The van der Waals surface area contributed by atoms with E-state index in [2.05, 4.69) is 0 Å². The lowest BCUT2D eigenvalue weighted by Crippen LogP contribution is -2.31. The van der Waals surface area contributed by atoms with E-state index in [0.29, 0.717) is 17.0 Å². The van der Waals surface area contributed by atoms with E-state index in [-0.39, 0.29) is 40.9 Å². The Kier molecular flexibility index (Phi) is 4.45. The molecule has 1 atom stereocenters. The number of amides is 1. The predicted octanol–water partition coefficient (Wildman–Crippen LogP) is 3.51. The topological polar surface area (TPSA) is 70.8 Å². The van der Waals surface area contributed by atoms with Crippen molar-refractivity contribution >= 4 is 28.5 Å². The maximum absolute atomic E-state index is 13.8. The molecule has 7 heteroatoms. The van der Waals surface area contributed by atoms with Crippen LogP contribution in [-0.2, 0) is 0 Å². The Morgan fingerprint density at radius 2 is 2.00 bits per heavy atom. The van der Waals surface area contributed by atoms with E-state index >= 15 is 0 Å². The average Bonchev–Trinajstić information content (AvgIpc) is 2.93. The molecule has 0 saturated carbocycles. The molecule has 3 aromatic rings. The van der Waals surface area contributed by atoms with Crippen molar-refractivity contribution in [3.05, 3.63) is 80.4 Å². The van der Waals surface area contributed by atoms with Gasteiger partial charge in [0.05, 0.1) is 17.0 Å². The van der Waals surface area contributed by atoms with Gasteiger partial charge in [0.2, 0.25) is 5.76 Å². The number of benzene rings is 2. The number of aliphatic hydroxyl groups excluding tert-OH is 1. The first kappa shape index (κ1) is 17.7. The van der Waals surface area contributed by atoms with E-state index in [4.69, 9.17) is 16.0 Å². The molecule has 0 radical (unpaired) electrons. The van der Waals surface area contributed by atoms with Crippen LogP contribution in [0.1, 0.15) is 34.1 Å². The van der Waals surface area contributed by atoms with Crippen molar-refractivity contribution in [2.45, 2.75) is 12.5 Å². The molecule has 0 bridgehead atoms. The second kappa shape index (κ2) is 6.79. The van der Waals surface area contributed by atoms with Crippen LogP contribution in [0.15, 0.2) is 51.7 Å². The van der Waals surface area contributed by atoms with Crippen LogP contribution in [0.2, 0.25) is 5.02 Å². The van der Waals surface area contributed by atoms with Gasteiger partial charge in [0, 0.05) is 18.2 Å². The summed E-state index contributed by atoms with van der Waals surface area (Å²) in [5.41, 5.74) is 0.522. The normalized spacial score (nSPS) is 16.2. The zero-order valence-electron chi connectivity index (χ0n) is 14.1. The van der Waals surface area contributed by atoms with Crippen molar-refractivity contribution in [1.29, 1.82) is 0 Å². The first-order valence-electron chi connectivity index (χ1n) is 8.45. The maximum atomic E-state index is 13.8. The molecular formula is C20H15ClFNO4. The Morgan fingerprint density at radius 1 is 1.19 bits per heavy atom. The highest BCUT2D eigenvalue weighted by Crippen LogP contribution is 2.38. The summed E-state index contributed by atoms with van der Waals surface area (Å²) in [6, 6.07) is 9.59. The molecular weight excluding hydrogens is 373 g/mol. The third-order valence-corrected chi connectivity index (χ3v) is 4.88. The number of halogens is 2.